The fraction of sp³-hybridized carbons (Fsp3) is 1.00. The van der Waals surface area contributed by atoms with Gasteiger partial charge in [-0.15, -0.1) is 0 Å². The number of hydrogen-bond acceptors (Lipinski definition) is 3. The van der Waals surface area contributed by atoms with Crippen LogP contribution < -0.4 is 5.32 Å². The highest BCUT2D eigenvalue weighted by Crippen LogP contribution is 2.21. The molecule has 3 nitrogen and oxygen atoms in total. The maximum atomic E-state index is 3.71. The number of likely N-dealkylation sites (tertiary alicyclic amines) is 1. The van der Waals surface area contributed by atoms with E-state index in [4.69, 9.17) is 0 Å². The van der Waals surface area contributed by atoms with Crippen LogP contribution in [0.25, 0.3) is 0 Å². The molecular formula is C16H33N3. The molecule has 1 saturated carbocycles. The van der Waals surface area contributed by atoms with E-state index in [-0.39, 0.29) is 0 Å². The molecule has 0 aromatic carbocycles. The Morgan fingerprint density at radius 1 is 1.26 bits per heavy atom. The Morgan fingerprint density at radius 2 is 2.00 bits per heavy atom. The number of rotatable bonds is 8. The van der Waals surface area contributed by atoms with Crippen molar-refractivity contribution in [2.24, 2.45) is 5.92 Å². The molecule has 112 valence electrons. The first-order chi connectivity index (χ1) is 9.11. The summed E-state index contributed by atoms with van der Waals surface area (Å²) in [6.07, 6.45) is 5.56. The topological polar surface area (TPSA) is 18.5 Å². The average molecular weight is 267 g/mol. The zero-order chi connectivity index (χ0) is 13.8. The van der Waals surface area contributed by atoms with Crippen LogP contribution in [0.1, 0.15) is 46.5 Å². The molecule has 0 aromatic heterocycles. The fourth-order valence-corrected chi connectivity index (χ4v) is 3.46. The third-order valence-electron chi connectivity index (χ3n) is 4.93. The van der Waals surface area contributed by atoms with Crippen LogP contribution in [-0.4, -0.2) is 61.2 Å². The lowest BCUT2D eigenvalue weighted by Gasteiger charge is -2.35. The van der Waals surface area contributed by atoms with E-state index in [9.17, 15) is 0 Å². The average Bonchev–Trinajstić information content (AvgIpc) is 3.08. The van der Waals surface area contributed by atoms with E-state index in [1.807, 2.05) is 0 Å². The minimum atomic E-state index is 0.680. The lowest BCUT2D eigenvalue weighted by Crippen LogP contribution is -2.49. The van der Waals surface area contributed by atoms with Crippen LogP contribution in [0.4, 0.5) is 0 Å². The van der Waals surface area contributed by atoms with Crippen molar-refractivity contribution in [3.05, 3.63) is 0 Å². The molecule has 1 N–H and O–H groups in total. The summed E-state index contributed by atoms with van der Waals surface area (Å²) in [7, 11) is 2.32. The van der Waals surface area contributed by atoms with Gasteiger partial charge in [0.2, 0.25) is 0 Å². The molecule has 2 aliphatic rings. The zero-order valence-corrected chi connectivity index (χ0v) is 13.4. The van der Waals surface area contributed by atoms with Crippen molar-refractivity contribution in [2.75, 3.05) is 33.2 Å². The van der Waals surface area contributed by atoms with Crippen molar-refractivity contribution in [1.29, 1.82) is 0 Å². The Kier molecular flexibility index (Phi) is 5.67. The van der Waals surface area contributed by atoms with E-state index in [0.717, 1.165) is 24.5 Å². The van der Waals surface area contributed by atoms with E-state index < -0.39 is 0 Å². The van der Waals surface area contributed by atoms with Gasteiger partial charge in [-0.05, 0) is 51.7 Å². The summed E-state index contributed by atoms with van der Waals surface area (Å²) in [5.41, 5.74) is 0. The molecule has 0 amide bonds. The number of likely N-dealkylation sites (N-methyl/N-ethyl adjacent to an activating group) is 2. The Hall–Kier alpha value is -0.120. The first-order valence-electron chi connectivity index (χ1n) is 8.29. The summed E-state index contributed by atoms with van der Waals surface area (Å²) in [6.45, 7) is 11.9. The highest BCUT2D eigenvalue weighted by atomic mass is 15.2. The molecular weight excluding hydrogens is 234 g/mol. The van der Waals surface area contributed by atoms with E-state index >= 15 is 0 Å². The maximum Gasteiger partial charge on any atom is 0.0241 e. The molecule has 0 bridgehead atoms. The van der Waals surface area contributed by atoms with Crippen LogP contribution in [0, 0.1) is 5.92 Å². The Balaban J connectivity index is 1.81. The SMILES string of the molecule is CCN1CCCC1CN(C)C(CNC1CC1)C(C)C. The van der Waals surface area contributed by atoms with E-state index in [1.54, 1.807) is 0 Å². The minimum Gasteiger partial charge on any atom is -0.312 e. The Morgan fingerprint density at radius 3 is 2.58 bits per heavy atom. The maximum absolute atomic E-state index is 3.71. The molecule has 0 radical (unpaired) electrons. The van der Waals surface area contributed by atoms with Gasteiger partial charge in [-0.1, -0.05) is 20.8 Å². The highest BCUT2D eigenvalue weighted by molar-refractivity contribution is 4.87. The summed E-state index contributed by atoms with van der Waals surface area (Å²) < 4.78 is 0. The summed E-state index contributed by atoms with van der Waals surface area (Å²) in [6, 6.07) is 2.30. The molecule has 1 aliphatic carbocycles. The lowest BCUT2D eigenvalue weighted by atomic mass is 10.0. The van der Waals surface area contributed by atoms with Crippen LogP contribution in [0.5, 0.6) is 0 Å². The quantitative estimate of drug-likeness (QED) is 0.727. The minimum absolute atomic E-state index is 0.680. The molecule has 1 saturated heterocycles. The van der Waals surface area contributed by atoms with E-state index in [0.29, 0.717) is 6.04 Å². The largest absolute Gasteiger partial charge is 0.312 e. The Labute approximate surface area is 119 Å². The second kappa shape index (κ2) is 7.05. The van der Waals surface area contributed by atoms with Gasteiger partial charge in [0.15, 0.2) is 0 Å². The molecule has 2 atom stereocenters. The third kappa shape index (κ3) is 4.44. The van der Waals surface area contributed by atoms with E-state index in [1.165, 1.54) is 45.3 Å². The van der Waals surface area contributed by atoms with Gasteiger partial charge in [-0.2, -0.15) is 0 Å². The highest BCUT2D eigenvalue weighted by Gasteiger charge is 2.29. The van der Waals surface area contributed by atoms with Crippen molar-refractivity contribution in [3.63, 3.8) is 0 Å². The molecule has 0 aromatic rings. The van der Waals surface area contributed by atoms with Crippen LogP contribution in [0.2, 0.25) is 0 Å². The molecule has 1 aliphatic heterocycles. The van der Waals surface area contributed by atoms with Crippen molar-refractivity contribution in [3.8, 4) is 0 Å². The van der Waals surface area contributed by atoms with Crippen LogP contribution >= 0.6 is 0 Å². The fourth-order valence-electron chi connectivity index (χ4n) is 3.46. The number of nitrogens with one attached hydrogen (secondary N) is 1. The van der Waals surface area contributed by atoms with Gasteiger partial charge in [0.05, 0.1) is 0 Å². The number of hydrogen-bond donors (Lipinski definition) is 1. The smallest absolute Gasteiger partial charge is 0.0241 e. The second-order valence-electron chi connectivity index (χ2n) is 6.86. The molecule has 19 heavy (non-hydrogen) atoms. The van der Waals surface area contributed by atoms with Gasteiger partial charge in [0, 0.05) is 31.2 Å². The van der Waals surface area contributed by atoms with Crippen molar-refractivity contribution < 1.29 is 0 Å². The van der Waals surface area contributed by atoms with Crippen LogP contribution in [-0.2, 0) is 0 Å². The molecule has 2 rings (SSSR count). The summed E-state index contributed by atoms with van der Waals surface area (Å²) in [5.74, 6) is 0.729. The first-order valence-corrected chi connectivity index (χ1v) is 8.29. The van der Waals surface area contributed by atoms with Gasteiger partial charge in [0.1, 0.15) is 0 Å². The standard InChI is InChI=1S/C16H33N3/c1-5-19-10-6-7-15(19)12-18(4)16(13(2)3)11-17-14-8-9-14/h13-17H,5-12H2,1-4H3. The monoisotopic (exact) mass is 267 g/mol. The van der Waals surface area contributed by atoms with Crippen molar-refractivity contribution in [1.82, 2.24) is 15.1 Å². The predicted octanol–water partition coefficient (Wildman–Crippen LogP) is 2.18. The van der Waals surface area contributed by atoms with E-state index in [2.05, 4.69) is 42.9 Å². The lowest BCUT2D eigenvalue weighted by molar-refractivity contribution is 0.135. The normalized spacial score (nSPS) is 26.5. The molecule has 2 unspecified atom stereocenters. The molecule has 1 heterocycles. The summed E-state index contributed by atoms with van der Waals surface area (Å²) in [5, 5.41) is 3.71. The molecule has 2 fully saturated rings. The zero-order valence-electron chi connectivity index (χ0n) is 13.4. The summed E-state index contributed by atoms with van der Waals surface area (Å²) in [4.78, 5) is 5.26. The van der Waals surface area contributed by atoms with Gasteiger partial charge < -0.3 is 10.2 Å². The van der Waals surface area contributed by atoms with Crippen LogP contribution in [0.15, 0.2) is 0 Å². The Bertz CT molecular complexity index is 263. The van der Waals surface area contributed by atoms with Gasteiger partial charge in [-0.25, -0.2) is 0 Å². The summed E-state index contributed by atoms with van der Waals surface area (Å²) >= 11 is 0. The first kappa shape index (κ1) is 15.3. The van der Waals surface area contributed by atoms with Gasteiger partial charge in [0.25, 0.3) is 0 Å². The molecule has 0 spiro atoms. The van der Waals surface area contributed by atoms with Gasteiger partial charge >= 0.3 is 0 Å². The number of nitrogens with zero attached hydrogens (tertiary/aromatic N) is 2. The van der Waals surface area contributed by atoms with Crippen LogP contribution in [0.3, 0.4) is 0 Å². The third-order valence-corrected chi connectivity index (χ3v) is 4.93. The second-order valence-corrected chi connectivity index (χ2v) is 6.86. The van der Waals surface area contributed by atoms with Crippen molar-refractivity contribution in [2.45, 2.75) is 64.6 Å². The van der Waals surface area contributed by atoms with Crippen molar-refractivity contribution >= 4 is 0 Å². The predicted molar refractivity (Wildman–Crippen MR) is 82.5 cm³/mol. The molecule has 3 heteroatoms. The van der Waals surface area contributed by atoms with Gasteiger partial charge in [-0.3, -0.25) is 4.90 Å².